The summed E-state index contributed by atoms with van der Waals surface area (Å²) in [5.74, 6) is -1.46. The first-order chi connectivity index (χ1) is 13.7. The Morgan fingerprint density at radius 1 is 1.07 bits per heavy atom. The molecule has 2 aromatic carbocycles. The van der Waals surface area contributed by atoms with Gasteiger partial charge in [-0.25, -0.2) is 4.39 Å². The number of ketones is 1. The van der Waals surface area contributed by atoms with Gasteiger partial charge in [-0.15, -0.1) is 0 Å². The zero-order chi connectivity index (χ0) is 21.2. The van der Waals surface area contributed by atoms with Crippen LogP contribution in [0.25, 0.3) is 0 Å². The summed E-state index contributed by atoms with van der Waals surface area (Å²) in [5, 5.41) is 5.78. The molecule has 0 radical (unpaired) electrons. The number of benzene rings is 2. The lowest BCUT2D eigenvalue weighted by atomic mass is 10.1. The number of carbonyl (C=O) groups excluding carboxylic acids is 2. The van der Waals surface area contributed by atoms with Crippen molar-refractivity contribution in [1.29, 1.82) is 0 Å². The summed E-state index contributed by atoms with van der Waals surface area (Å²) in [4.78, 5) is 25.9. The Labute approximate surface area is 179 Å². The molecule has 1 saturated carbocycles. The van der Waals surface area contributed by atoms with E-state index in [0.29, 0.717) is 11.3 Å². The number of hydrogen-bond donors (Lipinski definition) is 2. The molecule has 0 saturated heterocycles. The first-order valence-corrected chi connectivity index (χ1v) is 9.90. The normalized spacial score (nSPS) is 20.3. The van der Waals surface area contributed by atoms with Crippen molar-refractivity contribution in [3.05, 3.63) is 76.5 Å². The Morgan fingerprint density at radius 3 is 2.28 bits per heavy atom. The van der Waals surface area contributed by atoms with Crippen molar-refractivity contribution in [1.82, 2.24) is 5.32 Å². The Balaban J connectivity index is 1.81. The zero-order valence-corrected chi connectivity index (χ0v) is 17.5. The Morgan fingerprint density at radius 2 is 1.69 bits per heavy atom. The molecule has 1 fully saturated rings. The lowest BCUT2D eigenvalue weighted by Crippen LogP contribution is -2.47. The number of hydrogen-bond acceptors (Lipinski definition) is 3. The molecule has 0 heterocycles. The molecule has 1 amide bonds. The summed E-state index contributed by atoms with van der Waals surface area (Å²) >= 11 is 11.5. The standard InChI is InChI=1S/C22H21Cl2FN2O2/c1-22(2)16(12-17(23)24)18(22)21(29)27-20(19(28)13-6-4-3-5-7-13)26-15-10-8-14(25)9-11-15/h3-12,16,18,20,26H,1-2H3,(H,27,29)/t16-,18-,20+/m1/s1. The second-order valence-corrected chi connectivity index (χ2v) is 8.61. The van der Waals surface area contributed by atoms with E-state index in [4.69, 9.17) is 23.2 Å². The summed E-state index contributed by atoms with van der Waals surface area (Å²) in [6.07, 6.45) is 0.636. The summed E-state index contributed by atoms with van der Waals surface area (Å²) in [7, 11) is 0. The highest BCUT2D eigenvalue weighted by Crippen LogP contribution is 2.59. The third-order valence-corrected chi connectivity index (χ3v) is 5.51. The second-order valence-electron chi connectivity index (χ2n) is 7.60. The number of anilines is 1. The number of Topliss-reactive ketones (excluding diaryl/α,β-unsaturated/α-hetero) is 1. The van der Waals surface area contributed by atoms with Crippen LogP contribution < -0.4 is 10.6 Å². The van der Waals surface area contributed by atoms with Crippen LogP contribution in [0, 0.1) is 23.1 Å². The number of rotatable bonds is 7. The minimum atomic E-state index is -1.01. The van der Waals surface area contributed by atoms with Crippen molar-refractivity contribution < 1.29 is 14.0 Å². The average Bonchev–Trinajstić information content (AvgIpc) is 3.22. The maximum atomic E-state index is 13.2. The van der Waals surface area contributed by atoms with Crippen LogP contribution in [0.2, 0.25) is 0 Å². The van der Waals surface area contributed by atoms with Gasteiger partial charge in [0, 0.05) is 11.3 Å². The van der Waals surface area contributed by atoms with Crippen LogP contribution in [-0.2, 0) is 4.79 Å². The summed E-state index contributed by atoms with van der Waals surface area (Å²) in [5.41, 5.74) is 0.633. The second kappa shape index (κ2) is 8.56. The number of nitrogens with one attached hydrogen (secondary N) is 2. The van der Waals surface area contributed by atoms with E-state index in [1.54, 1.807) is 36.4 Å². The molecule has 152 valence electrons. The molecule has 2 N–H and O–H groups in total. The predicted molar refractivity (Wildman–Crippen MR) is 113 cm³/mol. The minimum absolute atomic E-state index is 0.111. The van der Waals surface area contributed by atoms with E-state index in [1.807, 2.05) is 13.8 Å². The molecule has 29 heavy (non-hydrogen) atoms. The van der Waals surface area contributed by atoms with Gasteiger partial charge >= 0.3 is 0 Å². The molecular weight excluding hydrogens is 414 g/mol. The van der Waals surface area contributed by atoms with Crippen LogP contribution in [0.3, 0.4) is 0 Å². The highest BCUT2D eigenvalue weighted by molar-refractivity contribution is 6.55. The van der Waals surface area contributed by atoms with Gasteiger partial charge in [-0.2, -0.15) is 0 Å². The lowest BCUT2D eigenvalue weighted by Gasteiger charge is -2.21. The number of carbonyl (C=O) groups is 2. The van der Waals surface area contributed by atoms with Gasteiger partial charge in [-0.05, 0) is 41.7 Å². The number of amides is 1. The molecule has 7 heteroatoms. The van der Waals surface area contributed by atoms with Crippen LogP contribution in [0.15, 0.2) is 65.2 Å². The Bertz CT molecular complexity index is 926. The first-order valence-electron chi connectivity index (χ1n) is 9.14. The van der Waals surface area contributed by atoms with Gasteiger partial charge in [0.2, 0.25) is 11.7 Å². The van der Waals surface area contributed by atoms with Crippen molar-refractivity contribution in [3.8, 4) is 0 Å². The maximum absolute atomic E-state index is 13.2. The van der Waals surface area contributed by atoms with Gasteiger partial charge < -0.3 is 10.6 Å². The van der Waals surface area contributed by atoms with E-state index in [2.05, 4.69) is 10.6 Å². The van der Waals surface area contributed by atoms with E-state index >= 15 is 0 Å². The van der Waals surface area contributed by atoms with Crippen LogP contribution in [-0.4, -0.2) is 17.9 Å². The molecule has 2 aromatic rings. The van der Waals surface area contributed by atoms with Crippen molar-refractivity contribution >= 4 is 40.6 Å². The van der Waals surface area contributed by atoms with Gasteiger partial charge in [0.25, 0.3) is 0 Å². The van der Waals surface area contributed by atoms with Crippen molar-refractivity contribution in [2.75, 3.05) is 5.32 Å². The molecule has 0 aromatic heterocycles. The van der Waals surface area contributed by atoms with Crippen molar-refractivity contribution in [2.24, 2.45) is 17.3 Å². The van der Waals surface area contributed by atoms with Crippen LogP contribution >= 0.6 is 23.2 Å². The largest absolute Gasteiger partial charge is 0.359 e. The van der Waals surface area contributed by atoms with Gasteiger partial charge in [0.15, 0.2) is 6.17 Å². The average molecular weight is 435 g/mol. The summed E-state index contributed by atoms with van der Waals surface area (Å²) in [6.45, 7) is 3.88. The third kappa shape index (κ3) is 4.98. The van der Waals surface area contributed by atoms with Gasteiger partial charge in [0.05, 0.1) is 5.92 Å². The molecule has 1 aliphatic rings. The zero-order valence-electron chi connectivity index (χ0n) is 16.0. The molecule has 0 bridgehead atoms. The quantitative estimate of drug-likeness (QED) is 0.467. The summed E-state index contributed by atoms with van der Waals surface area (Å²) in [6, 6.07) is 14.2. The van der Waals surface area contributed by atoms with E-state index in [1.165, 1.54) is 24.3 Å². The predicted octanol–water partition coefficient (Wildman–Crippen LogP) is 5.15. The molecular formula is C22H21Cl2FN2O2. The van der Waals surface area contributed by atoms with Crippen LogP contribution in [0.1, 0.15) is 24.2 Å². The maximum Gasteiger partial charge on any atom is 0.226 e. The highest BCUT2D eigenvalue weighted by Gasteiger charge is 2.60. The van der Waals surface area contributed by atoms with E-state index in [9.17, 15) is 14.0 Å². The minimum Gasteiger partial charge on any atom is -0.359 e. The SMILES string of the molecule is CC1(C)[C@H](C=C(Cl)Cl)[C@@H]1C(=O)N[C@H](Nc1ccc(F)cc1)C(=O)c1ccccc1. The molecule has 4 nitrogen and oxygen atoms in total. The van der Waals surface area contributed by atoms with E-state index in [-0.39, 0.29) is 33.4 Å². The topological polar surface area (TPSA) is 58.2 Å². The molecule has 0 spiro atoms. The fourth-order valence-corrected chi connectivity index (χ4v) is 3.78. The van der Waals surface area contributed by atoms with E-state index < -0.39 is 12.0 Å². The fourth-order valence-electron chi connectivity index (χ4n) is 3.51. The number of allylic oxidation sites excluding steroid dienone is 1. The first kappa shape index (κ1) is 21.3. The molecule has 0 unspecified atom stereocenters. The highest BCUT2D eigenvalue weighted by atomic mass is 35.5. The van der Waals surface area contributed by atoms with Crippen LogP contribution in [0.5, 0.6) is 0 Å². The molecule has 3 atom stereocenters. The fraction of sp³-hybridized carbons (Fsp3) is 0.273. The molecule has 0 aliphatic heterocycles. The van der Waals surface area contributed by atoms with E-state index in [0.717, 1.165) is 0 Å². The number of halogens is 3. The van der Waals surface area contributed by atoms with Gasteiger partial charge in [0.1, 0.15) is 10.3 Å². The summed E-state index contributed by atoms with van der Waals surface area (Å²) < 4.78 is 13.3. The molecule has 3 rings (SSSR count). The Kier molecular flexibility index (Phi) is 6.30. The van der Waals surface area contributed by atoms with Crippen LogP contribution in [0.4, 0.5) is 10.1 Å². The third-order valence-electron chi connectivity index (χ3n) is 5.26. The molecule has 1 aliphatic carbocycles. The lowest BCUT2D eigenvalue weighted by molar-refractivity contribution is -0.123. The van der Waals surface area contributed by atoms with Crippen molar-refractivity contribution in [2.45, 2.75) is 20.0 Å². The van der Waals surface area contributed by atoms with Crippen molar-refractivity contribution in [3.63, 3.8) is 0 Å². The smallest absolute Gasteiger partial charge is 0.226 e. The monoisotopic (exact) mass is 434 g/mol. The van der Waals surface area contributed by atoms with Gasteiger partial charge in [-0.3, -0.25) is 9.59 Å². The Hall–Kier alpha value is -2.37. The van der Waals surface area contributed by atoms with Gasteiger partial charge in [-0.1, -0.05) is 67.4 Å².